The van der Waals surface area contributed by atoms with Crippen LogP contribution in [0.5, 0.6) is 0 Å². The first kappa shape index (κ1) is 12.7. The molecule has 0 aromatic heterocycles. The number of aldehydes is 1. The number of aliphatic hydroxyl groups excluding tert-OH is 1. The van der Waals surface area contributed by atoms with Crippen molar-refractivity contribution in [2.75, 3.05) is 0 Å². The van der Waals surface area contributed by atoms with E-state index >= 15 is 0 Å². The molecule has 0 aliphatic heterocycles. The molecule has 14 heavy (non-hydrogen) atoms. The van der Waals surface area contributed by atoms with Gasteiger partial charge in [0.05, 0.1) is 0 Å². The third-order valence-corrected chi connectivity index (χ3v) is 1.66. The highest BCUT2D eigenvalue weighted by Crippen LogP contribution is 2.01. The Labute approximate surface area is 82.6 Å². The molecule has 0 bridgehead atoms. The van der Waals surface area contributed by atoms with Crippen molar-refractivity contribution in [2.24, 2.45) is 0 Å². The van der Waals surface area contributed by atoms with Crippen molar-refractivity contribution in [1.82, 2.24) is 0 Å². The Morgan fingerprint density at radius 1 is 1.43 bits per heavy atom. The first-order valence-corrected chi connectivity index (χ1v) is 4.46. The third kappa shape index (κ3) is 4.67. The number of hydrogen-bond acceptors (Lipinski definition) is 4. The van der Waals surface area contributed by atoms with E-state index in [1.807, 2.05) is 0 Å². The molecule has 0 radical (unpaired) electrons. The van der Waals surface area contributed by atoms with E-state index in [0.29, 0.717) is 19.1 Å². The lowest BCUT2D eigenvalue weighted by Gasteiger charge is -2.04. The molecule has 0 heterocycles. The molecule has 0 amide bonds. The van der Waals surface area contributed by atoms with E-state index < -0.39 is 17.7 Å². The van der Waals surface area contributed by atoms with E-state index in [1.54, 1.807) is 6.92 Å². The molecule has 1 unspecified atom stereocenters. The first-order valence-electron chi connectivity index (χ1n) is 4.46. The van der Waals surface area contributed by atoms with Crippen LogP contribution >= 0.6 is 0 Å². The van der Waals surface area contributed by atoms with Crippen LogP contribution in [0.25, 0.3) is 0 Å². The molecule has 0 rings (SSSR count). The van der Waals surface area contributed by atoms with Crippen molar-refractivity contribution in [2.45, 2.75) is 32.3 Å². The van der Waals surface area contributed by atoms with Crippen molar-refractivity contribution in [3.05, 3.63) is 12.2 Å². The topological polar surface area (TPSA) is 71.4 Å². The van der Waals surface area contributed by atoms with Crippen molar-refractivity contribution < 1.29 is 19.5 Å². The van der Waals surface area contributed by atoms with Gasteiger partial charge in [0.25, 0.3) is 0 Å². The summed E-state index contributed by atoms with van der Waals surface area (Å²) in [6, 6.07) is 0. The summed E-state index contributed by atoms with van der Waals surface area (Å²) in [5, 5.41) is 9.22. The fraction of sp³-hybridized carbons (Fsp3) is 0.500. The van der Waals surface area contributed by atoms with Crippen LogP contribution in [-0.4, -0.2) is 29.1 Å². The maximum Gasteiger partial charge on any atom is 0.230 e. The van der Waals surface area contributed by atoms with Crippen molar-refractivity contribution in [1.29, 1.82) is 0 Å². The summed E-state index contributed by atoms with van der Waals surface area (Å²) in [4.78, 5) is 32.0. The largest absolute Gasteiger partial charge is 0.385 e. The Bertz CT molecular complexity index is 243. The number of allylic oxidation sites excluding steroid dienone is 2. The van der Waals surface area contributed by atoms with Gasteiger partial charge in [0.15, 0.2) is 0 Å². The molecule has 0 spiro atoms. The van der Waals surface area contributed by atoms with Crippen molar-refractivity contribution >= 4 is 17.9 Å². The lowest BCUT2D eigenvalue weighted by atomic mass is 10.1. The molecule has 78 valence electrons. The standard InChI is InChI=1S/C10H14O4/c1-2-5-8(12)10(14)9(13)6-3-4-7-11/h2,5,7,9,13H,3-4,6H2,1H3/b5-2+. The second kappa shape index (κ2) is 7.15. The Kier molecular flexibility index (Phi) is 6.49. The van der Waals surface area contributed by atoms with Gasteiger partial charge in [-0.25, -0.2) is 0 Å². The van der Waals surface area contributed by atoms with Gasteiger partial charge in [0.2, 0.25) is 11.6 Å². The Hall–Kier alpha value is -1.29. The maximum absolute atomic E-state index is 11.1. The third-order valence-electron chi connectivity index (χ3n) is 1.66. The summed E-state index contributed by atoms with van der Waals surface area (Å²) in [6.45, 7) is 1.62. The summed E-state index contributed by atoms with van der Waals surface area (Å²) < 4.78 is 0. The van der Waals surface area contributed by atoms with E-state index in [-0.39, 0.29) is 6.42 Å². The lowest BCUT2D eigenvalue weighted by molar-refractivity contribution is -0.139. The van der Waals surface area contributed by atoms with Crippen LogP contribution < -0.4 is 0 Å². The number of aliphatic hydroxyl groups is 1. The van der Waals surface area contributed by atoms with Crippen LogP contribution in [0.4, 0.5) is 0 Å². The van der Waals surface area contributed by atoms with Gasteiger partial charge in [-0.2, -0.15) is 0 Å². The second-order valence-electron chi connectivity index (χ2n) is 2.84. The molecule has 4 heteroatoms. The maximum atomic E-state index is 11.1. The van der Waals surface area contributed by atoms with E-state index in [9.17, 15) is 19.5 Å². The number of ketones is 2. The summed E-state index contributed by atoms with van der Waals surface area (Å²) in [5.41, 5.74) is 0. The fourth-order valence-electron chi connectivity index (χ4n) is 0.923. The minimum atomic E-state index is -1.28. The monoisotopic (exact) mass is 198 g/mol. The number of carbonyl (C=O) groups is 3. The van der Waals surface area contributed by atoms with Crippen LogP contribution in [0.15, 0.2) is 12.2 Å². The summed E-state index contributed by atoms with van der Waals surface area (Å²) in [6.07, 6.45) is 2.86. The highest BCUT2D eigenvalue weighted by atomic mass is 16.3. The molecule has 1 N–H and O–H groups in total. The summed E-state index contributed by atoms with van der Waals surface area (Å²) in [7, 11) is 0. The van der Waals surface area contributed by atoms with Crippen LogP contribution in [-0.2, 0) is 14.4 Å². The zero-order valence-electron chi connectivity index (χ0n) is 8.10. The van der Waals surface area contributed by atoms with Crippen molar-refractivity contribution in [3.8, 4) is 0 Å². The predicted molar refractivity (Wildman–Crippen MR) is 50.7 cm³/mol. The highest BCUT2D eigenvalue weighted by Gasteiger charge is 2.19. The minimum absolute atomic E-state index is 0.154. The first-order chi connectivity index (χ1) is 6.63. The van der Waals surface area contributed by atoms with Crippen LogP contribution in [0.1, 0.15) is 26.2 Å². The normalized spacial score (nSPS) is 12.7. The van der Waals surface area contributed by atoms with E-state index in [2.05, 4.69) is 0 Å². The number of unbranched alkanes of at least 4 members (excludes halogenated alkanes) is 1. The van der Waals surface area contributed by atoms with Crippen molar-refractivity contribution in [3.63, 3.8) is 0 Å². The predicted octanol–water partition coefficient (Wildman–Crippen LogP) is 0.431. The highest BCUT2D eigenvalue weighted by molar-refractivity contribution is 6.43. The number of hydrogen-bond donors (Lipinski definition) is 1. The molecule has 0 aromatic carbocycles. The number of Topliss-reactive ketones (excluding diaryl/α,β-unsaturated/α-hetero) is 1. The zero-order chi connectivity index (χ0) is 11.0. The van der Waals surface area contributed by atoms with Gasteiger partial charge in [0.1, 0.15) is 12.4 Å². The van der Waals surface area contributed by atoms with Crippen LogP contribution in [0.3, 0.4) is 0 Å². The second-order valence-corrected chi connectivity index (χ2v) is 2.84. The van der Waals surface area contributed by atoms with Gasteiger partial charge in [-0.1, -0.05) is 6.08 Å². The average molecular weight is 198 g/mol. The number of carbonyl (C=O) groups excluding carboxylic acids is 3. The fourth-order valence-corrected chi connectivity index (χ4v) is 0.923. The molecule has 1 atom stereocenters. The van der Waals surface area contributed by atoms with Gasteiger partial charge in [-0.05, 0) is 25.8 Å². The summed E-state index contributed by atoms with van der Waals surface area (Å²) in [5.74, 6) is -1.51. The van der Waals surface area contributed by atoms with Gasteiger partial charge >= 0.3 is 0 Å². The molecule has 4 nitrogen and oxygen atoms in total. The molecule has 0 saturated carbocycles. The van der Waals surface area contributed by atoms with Gasteiger partial charge in [-0.15, -0.1) is 0 Å². The lowest BCUT2D eigenvalue weighted by Crippen LogP contribution is -2.27. The van der Waals surface area contributed by atoms with E-state index in [4.69, 9.17) is 0 Å². The average Bonchev–Trinajstić information content (AvgIpc) is 2.17. The van der Waals surface area contributed by atoms with Gasteiger partial charge in [0, 0.05) is 6.42 Å². The smallest absolute Gasteiger partial charge is 0.230 e. The Morgan fingerprint density at radius 3 is 2.57 bits per heavy atom. The molecule has 0 fully saturated rings. The van der Waals surface area contributed by atoms with Gasteiger partial charge in [-0.3, -0.25) is 9.59 Å². The van der Waals surface area contributed by atoms with E-state index in [1.165, 1.54) is 6.08 Å². The summed E-state index contributed by atoms with van der Waals surface area (Å²) >= 11 is 0. The quantitative estimate of drug-likeness (QED) is 0.279. The molecular formula is C10H14O4. The molecule has 0 aliphatic rings. The van der Waals surface area contributed by atoms with Crippen LogP contribution in [0, 0.1) is 0 Å². The number of rotatable bonds is 7. The molecule has 0 aromatic rings. The van der Waals surface area contributed by atoms with E-state index in [0.717, 1.165) is 6.08 Å². The van der Waals surface area contributed by atoms with Crippen LogP contribution in [0.2, 0.25) is 0 Å². The molecular weight excluding hydrogens is 184 g/mol. The minimum Gasteiger partial charge on any atom is -0.385 e. The SMILES string of the molecule is C/C=C/C(=O)C(=O)C(O)CCCC=O. The Morgan fingerprint density at radius 2 is 2.07 bits per heavy atom. The molecule has 0 aliphatic carbocycles. The Balaban J connectivity index is 3.98. The van der Waals surface area contributed by atoms with Gasteiger partial charge < -0.3 is 9.90 Å². The molecule has 0 saturated heterocycles. The zero-order valence-corrected chi connectivity index (χ0v) is 8.10.